The molecule has 108 valence electrons. The van der Waals surface area contributed by atoms with Gasteiger partial charge in [-0.05, 0) is 31.9 Å². The van der Waals surface area contributed by atoms with Crippen LogP contribution in [0.15, 0.2) is 12.1 Å². The van der Waals surface area contributed by atoms with Crippen LogP contribution in [0, 0.1) is 0 Å². The number of hydrogen-bond acceptors (Lipinski definition) is 2. The highest BCUT2D eigenvalue weighted by molar-refractivity contribution is 6.43. The molecule has 0 spiro atoms. The minimum Gasteiger partial charge on any atom is -0.492 e. The zero-order valence-electron chi connectivity index (χ0n) is 10.4. The normalized spacial score (nSPS) is 18.8. The fourth-order valence-corrected chi connectivity index (χ4v) is 2.69. The molecule has 2 rings (SSSR count). The second-order valence-corrected chi connectivity index (χ2v) is 5.70. The Bertz CT molecular complexity index is 408. The Balaban J connectivity index is 0.00000180. The van der Waals surface area contributed by atoms with Gasteiger partial charge in [-0.15, -0.1) is 12.4 Å². The van der Waals surface area contributed by atoms with Crippen LogP contribution in [0.4, 0.5) is 0 Å². The Morgan fingerprint density at radius 2 is 1.84 bits per heavy atom. The quantitative estimate of drug-likeness (QED) is 0.778. The molecule has 1 fully saturated rings. The van der Waals surface area contributed by atoms with E-state index in [1.165, 1.54) is 19.3 Å². The van der Waals surface area contributed by atoms with E-state index < -0.39 is 0 Å². The highest BCUT2D eigenvalue weighted by atomic mass is 35.5. The first-order chi connectivity index (χ1) is 8.66. The summed E-state index contributed by atoms with van der Waals surface area (Å²) < 4.78 is 5.66. The van der Waals surface area contributed by atoms with Crippen molar-refractivity contribution in [3.05, 3.63) is 27.2 Å². The van der Waals surface area contributed by atoms with Gasteiger partial charge < -0.3 is 10.1 Å². The third kappa shape index (κ3) is 5.20. The smallest absolute Gasteiger partial charge is 0.139 e. The van der Waals surface area contributed by atoms with Crippen molar-refractivity contribution < 1.29 is 4.74 Å². The average molecular weight is 345 g/mol. The van der Waals surface area contributed by atoms with Crippen molar-refractivity contribution in [2.24, 2.45) is 0 Å². The predicted molar refractivity (Wildman–Crippen MR) is 84.5 cm³/mol. The molecule has 1 atom stereocenters. The zero-order chi connectivity index (χ0) is 13.0. The second kappa shape index (κ2) is 8.43. The molecule has 0 saturated carbocycles. The first kappa shape index (κ1) is 17.2. The van der Waals surface area contributed by atoms with E-state index in [0.29, 0.717) is 33.5 Å². The zero-order valence-corrected chi connectivity index (χ0v) is 13.5. The number of benzene rings is 1. The van der Waals surface area contributed by atoms with Crippen LogP contribution in [0.1, 0.15) is 25.7 Å². The number of rotatable bonds is 4. The largest absolute Gasteiger partial charge is 0.492 e. The van der Waals surface area contributed by atoms with E-state index in [9.17, 15) is 0 Å². The highest BCUT2D eigenvalue weighted by Crippen LogP contribution is 2.33. The molecular formula is C13H17Cl4NO. The van der Waals surface area contributed by atoms with Crippen molar-refractivity contribution in [3.63, 3.8) is 0 Å². The maximum atomic E-state index is 6.04. The Morgan fingerprint density at radius 3 is 2.53 bits per heavy atom. The SMILES string of the molecule is Cl.Clc1cc(Cl)c(OCCC2CCCCN2)cc1Cl. The van der Waals surface area contributed by atoms with Crippen molar-refractivity contribution >= 4 is 47.2 Å². The van der Waals surface area contributed by atoms with Gasteiger partial charge in [-0.2, -0.15) is 0 Å². The van der Waals surface area contributed by atoms with Crippen molar-refractivity contribution in [2.75, 3.05) is 13.2 Å². The van der Waals surface area contributed by atoms with Crippen LogP contribution >= 0.6 is 47.2 Å². The fourth-order valence-electron chi connectivity index (χ4n) is 2.10. The summed E-state index contributed by atoms with van der Waals surface area (Å²) in [5.74, 6) is 0.599. The van der Waals surface area contributed by atoms with E-state index >= 15 is 0 Å². The second-order valence-electron chi connectivity index (χ2n) is 4.48. The summed E-state index contributed by atoms with van der Waals surface area (Å²) in [7, 11) is 0. The van der Waals surface area contributed by atoms with E-state index in [4.69, 9.17) is 39.5 Å². The standard InChI is InChI=1S/C13H16Cl3NO.ClH/c14-10-7-12(16)13(8-11(10)15)18-6-4-9-3-1-2-5-17-9;/h7-9,17H,1-6H2;1H. The van der Waals surface area contributed by atoms with Crippen molar-refractivity contribution in [1.29, 1.82) is 0 Å². The molecule has 6 heteroatoms. The molecule has 0 aliphatic carbocycles. The van der Waals surface area contributed by atoms with Gasteiger partial charge in [-0.3, -0.25) is 0 Å². The Kier molecular flexibility index (Phi) is 7.63. The van der Waals surface area contributed by atoms with Gasteiger partial charge in [-0.25, -0.2) is 0 Å². The minimum atomic E-state index is 0. The lowest BCUT2D eigenvalue weighted by Gasteiger charge is -2.23. The first-order valence-corrected chi connectivity index (χ1v) is 7.31. The molecule has 0 radical (unpaired) electrons. The molecule has 1 unspecified atom stereocenters. The summed E-state index contributed by atoms with van der Waals surface area (Å²) in [4.78, 5) is 0. The number of nitrogens with one attached hydrogen (secondary N) is 1. The van der Waals surface area contributed by atoms with E-state index in [1.807, 2.05) is 0 Å². The molecule has 1 aromatic rings. The topological polar surface area (TPSA) is 21.3 Å². The van der Waals surface area contributed by atoms with E-state index in [2.05, 4.69) is 5.32 Å². The highest BCUT2D eigenvalue weighted by Gasteiger charge is 2.13. The van der Waals surface area contributed by atoms with Crippen LogP contribution in [0.5, 0.6) is 5.75 Å². The molecule has 1 heterocycles. The summed E-state index contributed by atoms with van der Waals surface area (Å²) in [5.41, 5.74) is 0. The number of piperidine rings is 1. The van der Waals surface area contributed by atoms with Gasteiger partial charge >= 0.3 is 0 Å². The molecule has 1 N–H and O–H groups in total. The van der Waals surface area contributed by atoms with Gasteiger partial charge in [0.15, 0.2) is 0 Å². The van der Waals surface area contributed by atoms with Crippen LogP contribution in [-0.4, -0.2) is 19.2 Å². The van der Waals surface area contributed by atoms with Gasteiger partial charge in [-0.1, -0.05) is 41.2 Å². The van der Waals surface area contributed by atoms with Crippen molar-refractivity contribution in [2.45, 2.75) is 31.7 Å². The van der Waals surface area contributed by atoms with Gasteiger partial charge in [0.2, 0.25) is 0 Å². The van der Waals surface area contributed by atoms with Gasteiger partial charge in [0, 0.05) is 12.1 Å². The van der Waals surface area contributed by atoms with E-state index in [0.717, 1.165) is 13.0 Å². The first-order valence-electron chi connectivity index (χ1n) is 6.17. The Labute approximate surface area is 135 Å². The summed E-state index contributed by atoms with van der Waals surface area (Å²) in [6.07, 6.45) is 4.77. The molecular weight excluding hydrogens is 328 g/mol. The number of hydrogen-bond donors (Lipinski definition) is 1. The van der Waals surface area contributed by atoms with Gasteiger partial charge in [0.25, 0.3) is 0 Å². The number of halogens is 4. The lowest BCUT2D eigenvalue weighted by atomic mass is 10.0. The summed E-state index contributed by atoms with van der Waals surface area (Å²) in [6.45, 7) is 1.74. The molecule has 0 aromatic heterocycles. The molecule has 0 bridgehead atoms. The van der Waals surface area contributed by atoms with Crippen LogP contribution in [0.2, 0.25) is 15.1 Å². The molecule has 2 nitrogen and oxygen atoms in total. The van der Waals surface area contributed by atoms with Crippen LogP contribution < -0.4 is 10.1 Å². The van der Waals surface area contributed by atoms with Crippen LogP contribution in [-0.2, 0) is 0 Å². The lowest BCUT2D eigenvalue weighted by molar-refractivity contribution is 0.268. The lowest BCUT2D eigenvalue weighted by Crippen LogP contribution is -2.35. The van der Waals surface area contributed by atoms with Gasteiger partial charge in [0.1, 0.15) is 5.75 Å². The van der Waals surface area contributed by atoms with Crippen LogP contribution in [0.3, 0.4) is 0 Å². The van der Waals surface area contributed by atoms with Crippen LogP contribution in [0.25, 0.3) is 0 Å². The summed E-state index contributed by atoms with van der Waals surface area (Å²) in [6, 6.07) is 3.83. The molecule has 1 aliphatic heterocycles. The predicted octanol–water partition coefficient (Wildman–Crippen LogP) is 4.98. The fraction of sp³-hybridized carbons (Fsp3) is 0.538. The Hall–Kier alpha value is 0.140. The molecule has 1 aliphatic rings. The summed E-state index contributed by atoms with van der Waals surface area (Å²) >= 11 is 17.8. The molecule has 1 aromatic carbocycles. The molecule has 0 amide bonds. The maximum absolute atomic E-state index is 6.04. The average Bonchev–Trinajstić information content (AvgIpc) is 2.37. The van der Waals surface area contributed by atoms with Gasteiger partial charge in [0.05, 0.1) is 21.7 Å². The molecule has 19 heavy (non-hydrogen) atoms. The maximum Gasteiger partial charge on any atom is 0.139 e. The third-order valence-electron chi connectivity index (χ3n) is 3.11. The third-order valence-corrected chi connectivity index (χ3v) is 4.13. The van der Waals surface area contributed by atoms with E-state index in [1.54, 1.807) is 12.1 Å². The van der Waals surface area contributed by atoms with Crippen molar-refractivity contribution in [3.8, 4) is 5.75 Å². The minimum absolute atomic E-state index is 0. The number of ether oxygens (including phenoxy) is 1. The Morgan fingerprint density at radius 1 is 1.11 bits per heavy atom. The summed E-state index contributed by atoms with van der Waals surface area (Å²) in [5, 5.41) is 4.89. The molecule has 1 saturated heterocycles. The van der Waals surface area contributed by atoms with Crippen molar-refractivity contribution in [1.82, 2.24) is 5.32 Å². The monoisotopic (exact) mass is 343 g/mol. The van der Waals surface area contributed by atoms with E-state index in [-0.39, 0.29) is 12.4 Å².